The predicted octanol–water partition coefficient (Wildman–Crippen LogP) is 4.04. The zero-order valence-corrected chi connectivity index (χ0v) is 14.3. The molecule has 2 N–H and O–H groups in total. The second-order valence-corrected chi connectivity index (χ2v) is 7.89. The fraction of sp³-hybridized carbons (Fsp3) is 1.00. The molecule has 0 radical (unpaired) electrons. The van der Waals surface area contributed by atoms with Crippen LogP contribution in [0.3, 0.4) is 0 Å². The Morgan fingerprint density at radius 1 is 1.10 bits per heavy atom. The lowest BCUT2D eigenvalue weighted by molar-refractivity contribution is 0.0428. The van der Waals surface area contributed by atoms with Gasteiger partial charge in [-0.15, -0.1) is 0 Å². The molecule has 20 heavy (non-hydrogen) atoms. The average molecular weight is 280 g/mol. The van der Waals surface area contributed by atoms with Gasteiger partial charge in [0.25, 0.3) is 0 Å². The summed E-state index contributed by atoms with van der Waals surface area (Å²) in [6.07, 6.45) is 9.47. The zero-order valence-electron chi connectivity index (χ0n) is 14.3. The first-order valence-electron chi connectivity index (χ1n) is 8.96. The Morgan fingerprint density at radius 3 is 2.10 bits per heavy atom. The van der Waals surface area contributed by atoms with E-state index in [1.165, 1.54) is 58.0 Å². The van der Waals surface area contributed by atoms with Gasteiger partial charge in [0.15, 0.2) is 0 Å². The molecule has 1 saturated carbocycles. The highest BCUT2D eigenvalue weighted by Crippen LogP contribution is 2.45. The van der Waals surface area contributed by atoms with Gasteiger partial charge in [0.05, 0.1) is 0 Å². The van der Waals surface area contributed by atoms with Crippen molar-refractivity contribution >= 4 is 0 Å². The van der Waals surface area contributed by atoms with Crippen molar-refractivity contribution in [2.45, 2.75) is 78.2 Å². The van der Waals surface area contributed by atoms with Crippen LogP contribution in [0.15, 0.2) is 0 Å². The van der Waals surface area contributed by atoms with E-state index in [1.54, 1.807) is 0 Å². The second kappa shape index (κ2) is 6.36. The molecule has 0 unspecified atom stereocenters. The molecule has 0 spiro atoms. The van der Waals surface area contributed by atoms with E-state index < -0.39 is 0 Å². The van der Waals surface area contributed by atoms with E-state index >= 15 is 0 Å². The smallest absolute Gasteiger partial charge is 0.0332 e. The molecule has 2 fully saturated rings. The molecule has 0 aromatic carbocycles. The van der Waals surface area contributed by atoms with Crippen LogP contribution < -0.4 is 5.73 Å². The highest BCUT2D eigenvalue weighted by molar-refractivity contribution is 5.01. The molecule has 0 amide bonds. The third-order valence-corrected chi connectivity index (χ3v) is 6.89. The summed E-state index contributed by atoms with van der Waals surface area (Å²) in [6, 6.07) is 0. The van der Waals surface area contributed by atoms with Crippen LogP contribution in [0.2, 0.25) is 0 Å². The van der Waals surface area contributed by atoms with E-state index in [-0.39, 0.29) is 0 Å². The number of nitrogens with two attached hydrogens (primary N) is 1. The van der Waals surface area contributed by atoms with Crippen molar-refractivity contribution in [3.8, 4) is 0 Å². The standard InChI is InChI=1S/C18H36N2/c1-5-17(6-2)11-12-20(14-17)18(13-19)9-7-16(8-10-18)15(3)4/h15-16H,5-14,19H2,1-4H3. The highest BCUT2D eigenvalue weighted by atomic mass is 15.2. The largest absolute Gasteiger partial charge is 0.329 e. The summed E-state index contributed by atoms with van der Waals surface area (Å²) in [5, 5.41) is 0. The Kier molecular flexibility index (Phi) is 5.18. The fourth-order valence-corrected chi connectivity index (χ4v) is 4.66. The minimum Gasteiger partial charge on any atom is -0.329 e. The van der Waals surface area contributed by atoms with Crippen molar-refractivity contribution in [2.24, 2.45) is 23.0 Å². The molecule has 1 aliphatic carbocycles. The normalized spacial score (nSPS) is 34.8. The third kappa shape index (κ3) is 2.92. The van der Waals surface area contributed by atoms with Gasteiger partial charge in [-0.25, -0.2) is 0 Å². The Bertz CT molecular complexity index is 299. The molecule has 2 heteroatoms. The Balaban J connectivity index is 2.03. The average Bonchev–Trinajstić information content (AvgIpc) is 2.93. The number of hydrogen-bond acceptors (Lipinski definition) is 2. The summed E-state index contributed by atoms with van der Waals surface area (Å²) in [7, 11) is 0. The van der Waals surface area contributed by atoms with Crippen LogP contribution in [0.25, 0.3) is 0 Å². The molecule has 1 heterocycles. The van der Waals surface area contributed by atoms with Crippen molar-refractivity contribution in [3.05, 3.63) is 0 Å². The van der Waals surface area contributed by atoms with E-state index in [9.17, 15) is 0 Å². The summed E-state index contributed by atoms with van der Waals surface area (Å²) in [5.41, 5.74) is 7.18. The van der Waals surface area contributed by atoms with Gasteiger partial charge in [-0.3, -0.25) is 4.90 Å². The maximum Gasteiger partial charge on any atom is 0.0332 e. The van der Waals surface area contributed by atoms with Crippen molar-refractivity contribution in [2.75, 3.05) is 19.6 Å². The topological polar surface area (TPSA) is 29.3 Å². The monoisotopic (exact) mass is 280 g/mol. The van der Waals surface area contributed by atoms with Gasteiger partial charge < -0.3 is 5.73 Å². The molecule has 2 nitrogen and oxygen atoms in total. The molecule has 118 valence electrons. The molecule has 1 aliphatic heterocycles. The zero-order chi connectivity index (χ0) is 14.8. The first kappa shape index (κ1) is 16.3. The summed E-state index contributed by atoms with van der Waals surface area (Å²) in [4.78, 5) is 2.79. The number of rotatable bonds is 5. The van der Waals surface area contributed by atoms with Crippen molar-refractivity contribution in [3.63, 3.8) is 0 Å². The van der Waals surface area contributed by atoms with Gasteiger partial charge in [0.1, 0.15) is 0 Å². The van der Waals surface area contributed by atoms with Gasteiger partial charge in [-0.2, -0.15) is 0 Å². The molecule has 2 rings (SSSR count). The maximum absolute atomic E-state index is 6.27. The fourth-order valence-electron chi connectivity index (χ4n) is 4.66. The van der Waals surface area contributed by atoms with Crippen LogP contribution >= 0.6 is 0 Å². The first-order valence-corrected chi connectivity index (χ1v) is 8.96. The van der Waals surface area contributed by atoms with Gasteiger partial charge in [0, 0.05) is 18.6 Å². The van der Waals surface area contributed by atoms with E-state index in [0.29, 0.717) is 11.0 Å². The van der Waals surface area contributed by atoms with Crippen LogP contribution in [0.4, 0.5) is 0 Å². The summed E-state index contributed by atoms with van der Waals surface area (Å²) >= 11 is 0. The molecule has 0 aromatic heterocycles. The van der Waals surface area contributed by atoms with Gasteiger partial charge >= 0.3 is 0 Å². The van der Waals surface area contributed by atoms with E-state index in [0.717, 1.165) is 18.4 Å². The van der Waals surface area contributed by atoms with Crippen LogP contribution in [0.1, 0.15) is 72.6 Å². The summed E-state index contributed by atoms with van der Waals surface area (Å²) < 4.78 is 0. The Hall–Kier alpha value is -0.0800. The summed E-state index contributed by atoms with van der Waals surface area (Å²) in [5.74, 6) is 1.77. The highest BCUT2D eigenvalue weighted by Gasteiger charge is 2.46. The van der Waals surface area contributed by atoms with E-state index in [4.69, 9.17) is 5.73 Å². The predicted molar refractivity (Wildman–Crippen MR) is 87.8 cm³/mol. The van der Waals surface area contributed by atoms with E-state index in [1.807, 2.05) is 0 Å². The number of nitrogens with zero attached hydrogens (tertiary/aromatic N) is 1. The third-order valence-electron chi connectivity index (χ3n) is 6.89. The summed E-state index contributed by atoms with van der Waals surface area (Å²) in [6.45, 7) is 13.0. The molecule has 1 saturated heterocycles. The number of likely N-dealkylation sites (tertiary alicyclic amines) is 1. The van der Waals surface area contributed by atoms with Crippen LogP contribution in [0.5, 0.6) is 0 Å². The first-order chi connectivity index (χ1) is 9.51. The SMILES string of the molecule is CCC1(CC)CCN(C2(CN)CCC(C(C)C)CC2)C1. The quantitative estimate of drug-likeness (QED) is 0.823. The molecule has 0 atom stereocenters. The van der Waals surface area contributed by atoms with Gasteiger partial charge in [-0.05, 0) is 68.7 Å². The van der Waals surface area contributed by atoms with Crippen molar-refractivity contribution in [1.82, 2.24) is 4.90 Å². The molecule has 2 aliphatic rings. The van der Waals surface area contributed by atoms with Crippen LogP contribution in [-0.2, 0) is 0 Å². The minimum absolute atomic E-state index is 0.331. The minimum atomic E-state index is 0.331. The van der Waals surface area contributed by atoms with Crippen LogP contribution in [-0.4, -0.2) is 30.1 Å². The van der Waals surface area contributed by atoms with Crippen LogP contribution in [0, 0.1) is 17.3 Å². The lowest BCUT2D eigenvalue weighted by Crippen LogP contribution is -2.55. The molecule has 0 bridgehead atoms. The second-order valence-electron chi connectivity index (χ2n) is 7.89. The maximum atomic E-state index is 6.27. The van der Waals surface area contributed by atoms with Crippen molar-refractivity contribution in [1.29, 1.82) is 0 Å². The lowest BCUT2D eigenvalue weighted by atomic mass is 9.72. The van der Waals surface area contributed by atoms with Gasteiger partial charge in [0.2, 0.25) is 0 Å². The molecular formula is C18H36N2. The lowest BCUT2D eigenvalue weighted by Gasteiger charge is -2.47. The molecule has 0 aromatic rings. The van der Waals surface area contributed by atoms with Gasteiger partial charge in [-0.1, -0.05) is 27.7 Å². The van der Waals surface area contributed by atoms with Crippen molar-refractivity contribution < 1.29 is 0 Å². The number of hydrogen-bond donors (Lipinski definition) is 1. The molecular weight excluding hydrogens is 244 g/mol. The van der Waals surface area contributed by atoms with E-state index in [2.05, 4.69) is 32.6 Å². The Labute approximate surface area is 126 Å². The Morgan fingerprint density at radius 2 is 1.70 bits per heavy atom.